The zero-order chi connectivity index (χ0) is 21.0. The topological polar surface area (TPSA) is 88.2 Å². The minimum atomic E-state index is -4.56. The summed E-state index contributed by atoms with van der Waals surface area (Å²) < 4.78 is 51.2. The number of aryl methyl sites for hydroxylation is 1. The average Bonchev–Trinajstić information content (AvgIpc) is 3.43. The van der Waals surface area contributed by atoms with Gasteiger partial charge in [0.2, 0.25) is 5.76 Å². The van der Waals surface area contributed by atoms with E-state index in [1.807, 2.05) is 0 Å². The van der Waals surface area contributed by atoms with Crippen molar-refractivity contribution < 1.29 is 26.8 Å². The Balaban J connectivity index is 1.66. The fourth-order valence-electron chi connectivity index (χ4n) is 3.86. The molecule has 30 heavy (non-hydrogen) atoms. The predicted molar refractivity (Wildman–Crippen MR) is 97.6 cm³/mol. The molecule has 10 heteroatoms. The summed E-state index contributed by atoms with van der Waals surface area (Å²) in [7, 11) is 0. The number of alkyl halides is 3. The van der Waals surface area contributed by atoms with E-state index >= 15 is 0 Å². The third-order valence-corrected chi connectivity index (χ3v) is 5.26. The highest BCUT2D eigenvalue weighted by atomic mass is 19.4. The van der Waals surface area contributed by atoms with E-state index in [0.717, 1.165) is 11.8 Å². The van der Waals surface area contributed by atoms with Crippen LogP contribution in [-0.4, -0.2) is 32.3 Å². The second-order valence-corrected chi connectivity index (χ2v) is 7.05. The molecule has 154 valence electrons. The number of rotatable bonds is 2. The van der Waals surface area contributed by atoms with Gasteiger partial charge in [0.15, 0.2) is 6.39 Å². The summed E-state index contributed by atoms with van der Waals surface area (Å²) in [6.07, 6.45) is -1.38. The fraction of sp³-hybridized carbons (Fsp3) is 0.250. The monoisotopic (exact) mass is 416 g/mol. The van der Waals surface area contributed by atoms with Gasteiger partial charge in [-0.15, -0.1) is 0 Å². The molecule has 0 bridgehead atoms. The maximum atomic E-state index is 13.4. The van der Waals surface area contributed by atoms with Crippen molar-refractivity contribution in [3.05, 3.63) is 71.2 Å². The Morgan fingerprint density at radius 1 is 1.30 bits per heavy atom. The van der Waals surface area contributed by atoms with Gasteiger partial charge < -0.3 is 18.7 Å². The van der Waals surface area contributed by atoms with E-state index < -0.39 is 23.7 Å². The molecule has 1 aliphatic heterocycles. The molecule has 0 spiro atoms. The number of carbonyl (C=O) groups is 1. The Bertz CT molecular complexity index is 1250. The molecule has 4 aromatic rings. The van der Waals surface area contributed by atoms with Gasteiger partial charge in [-0.05, 0) is 19.1 Å². The van der Waals surface area contributed by atoms with Crippen molar-refractivity contribution in [2.75, 3.05) is 6.54 Å². The van der Waals surface area contributed by atoms with E-state index in [0.29, 0.717) is 29.7 Å². The quantitative estimate of drug-likeness (QED) is 0.528. The number of furan rings is 1. The number of para-hydroxylation sites is 1. The van der Waals surface area contributed by atoms with Gasteiger partial charge in [-0.2, -0.15) is 13.2 Å². The van der Waals surface area contributed by atoms with Crippen LogP contribution in [0.3, 0.4) is 0 Å². The SMILES string of the molecule is Cc1ncoc1C(=O)N1CCc2[nH]cnc2[C@@H]1c1cc2cccc(C(F)(F)F)c2o1. The summed E-state index contributed by atoms with van der Waals surface area (Å²) in [4.78, 5) is 26.0. The number of oxazole rings is 1. The van der Waals surface area contributed by atoms with Crippen molar-refractivity contribution in [1.82, 2.24) is 19.9 Å². The van der Waals surface area contributed by atoms with Crippen LogP contribution in [0.5, 0.6) is 0 Å². The van der Waals surface area contributed by atoms with E-state index in [1.165, 1.54) is 29.8 Å². The smallest absolute Gasteiger partial charge is 0.420 e. The number of aromatic nitrogens is 3. The van der Waals surface area contributed by atoms with Crippen molar-refractivity contribution in [2.24, 2.45) is 0 Å². The summed E-state index contributed by atoms with van der Waals surface area (Å²) in [5.74, 6) is -0.161. The lowest BCUT2D eigenvalue weighted by molar-refractivity contribution is -0.136. The summed E-state index contributed by atoms with van der Waals surface area (Å²) in [5, 5.41) is 0.297. The minimum absolute atomic E-state index is 0.0751. The first-order valence-electron chi connectivity index (χ1n) is 9.17. The lowest BCUT2D eigenvalue weighted by Crippen LogP contribution is -2.40. The first-order chi connectivity index (χ1) is 14.3. The first-order valence-corrected chi connectivity index (χ1v) is 9.17. The van der Waals surface area contributed by atoms with Gasteiger partial charge in [-0.1, -0.05) is 12.1 Å². The van der Waals surface area contributed by atoms with Crippen molar-refractivity contribution in [1.29, 1.82) is 0 Å². The number of fused-ring (bicyclic) bond motifs is 2. The molecule has 1 aliphatic rings. The lowest BCUT2D eigenvalue weighted by atomic mass is 9.99. The first kappa shape index (κ1) is 18.5. The molecular formula is C20H15F3N4O3. The van der Waals surface area contributed by atoms with Crippen LogP contribution in [0, 0.1) is 6.92 Å². The number of halogens is 3. The molecule has 1 atom stereocenters. The number of aromatic amines is 1. The van der Waals surface area contributed by atoms with Crippen LogP contribution in [0.2, 0.25) is 0 Å². The molecule has 1 aromatic carbocycles. The number of H-pyrrole nitrogens is 1. The lowest BCUT2D eigenvalue weighted by Gasteiger charge is -2.33. The third kappa shape index (κ3) is 2.78. The highest BCUT2D eigenvalue weighted by molar-refractivity contribution is 5.93. The molecule has 0 aliphatic carbocycles. The maximum Gasteiger partial charge on any atom is 0.420 e. The molecule has 0 unspecified atom stereocenters. The second kappa shape index (κ2) is 6.48. The van der Waals surface area contributed by atoms with Crippen LogP contribution in [0.1, 0.15) is 45.0 Å². The molecule has 0 fully saturated rings. The van der Waals surface area contributed by atoms with Gasteiger partial charge in [0.05, 0.1) is 23.3 Å². The number of imidazole rings is 1. The highest BCUT2D eigenvalue weighted by Gasteiger charge is 2.40. The van der Waals surface area contributed by atoms with E-state index in [4.69, 9.17) is 8.83 Å². The Labute approximate surface area is 167 Å². The van der Waals surface area contributed by atoms with Crippen molar-refractivity contribution in [2.45, 2.75) is 25.6 Å². The number of carbonyl (C=O) groups excluding carboxylic acids is 1. The van der Waals surface area contributed by atoms with Gasteiger partial charge in [-0.3, -0.25) is 4.79 Å². The third-order valence-electron chi connectivity index (χ3n) is 5.26. The van der Waals surface area contributed by atoms with Gasteiger partial charge in [0.25, 0.3) is 5.91 Å². The minimum Gasteiger partial charge on any atom is -0.458 e. The number of hydrogen-bond donors (Lipinski definition) is 1. The number of benzene rings is 1. The van der Waals surface area contributed by atoms with Crippen LogP contribution < -0.4 is 0 Å². The fourth-order valence-corrected chi connectivity index (χ4v) is 3.86. The Kier molecular flexibility index (Phi) is 3.99. The summed E-state index contributed by atoms with van der Waals surface area (Å²) in [6.45, 7) is 1.95. The maximum absolute atomic E-state index is 13.4. The van der Waals surface area contributed by atoms with E-state index in [-0.39, 0.29) is 17.1 Å². The van der Waals surface area contributed by atoms with Crippen LogP contribution in [0.4, 0.5) is 13.2 Å². The standard InChI is InChI=1S/C20H15F3N4O3/c1-10-17(29-9-26-10)19(28)27-6-5-13-15(25-8-24-13)16(27)14-7-11-3-2-4-12(18(11)30-14)20(21,22)23/h2-4,7-9,16H,5-6H2,1H3,(H,24,25)/t16-/m0/s1. The van der Waals surface area contributed by atoms with Gasteiger partial charge in [0.1, 0.15) is 17.4 Å². The van der Waals surface area contributed by atoms with Gasteiger partial charge >= 0.3 is 6.18 Å². The molecule has 0 saturated heterocycles. The second-order valence-electron chi connectivity index (χ2n) is 7.05. The van der Waals surface area contributed by atoms with Crippen LogP contribution in [-0.2, 0) is 12.6 Å². The number of nitrogens with zero attached hydrogens (tertiary/aromatic N) is 3. The molecule has 0 saturated carbocycles. The zero-order valence-corrected chi connectivity index (χ0v) is 15.7. The van der Waals surface area contributed by atoms with Crippen molar-refractivity contribution >= 4 is 16.9 Å². The summed E-state index contributed by atoms with van der Waals surface area (Å²) in [5.41, 5.74) is 0.615. The molecule has 1 amide bonds. The predicted octanol–water partition coefficient (Wildman–Crippen LogP) is 4.26. The average molecular weight is 416 g/mol. The number of hydrogen-bond acceptors (Lipinski definition) is 5. The molecule has 4 heterocycles. The van der Waals surface area contributed by atoms with Crippen LogP contribution in [0.25, 0.3) is 11.0 Å². The van der Waals surface area contributed by atoms with E-state index in [2.05, 4.69) is 15.0 Å². The van der Waals surface area contributed by atoms with E-state index in [1.54, 1.807) is 13.0 Å². The zero-order valence-electron chi connectivity index (χ0n) is 15.7. The Morgan fingerprint density at radius 2 is 2.13 bits per heavy atom. The molecule has 7 nitrogen and oxygen atoms in total. The Hall–Kier alpha value is -3.56. The molecule has 3 aromatic heterocycles. The van der Waals surface area contributed by atoms with Crippen LogP contribution >= 0.6 is 0 Å². The number of nitrogens with one attached hydrogen (secondary N) is 1. The highest BCUT2D eigenvalue weighted by Crippen LogP contribution is 2.41. The number of amides is 1. The molecule has 0 radical (unpaired) electrons. The normalized spacial score (nSPS) is 16.8. The molecule has 1 N–H and O–H groups in total. The Morgan fingerprint density at radius 3 is 2.87 bits per heavy atom. The summed E-state index contributed by atoms with van der Waals surface area (Å²) >= 11 is 0. The van der Waals surface area contributed by atoms with E-state index in [9.17, 15) is 18.0 Å². The van der Waals surface area contributed by atoms with Crippen molar-refractivity contribution in [3.8, 4) is 0 Å². The largest absolute Gasteiger partial charge is 0.458 e. The van der Waals surface area contributed by atoms with Gasteiger partial charge in [0, 0.05) is 24.0 Å². The van der Waals surface area contributed by atoms with Crippen LogP contribution in [0.15, 0.2) is 45.8 Å². The summed E-state index contributed by atoms with van der Waals surface area (Å²) in [6, 6.07) is 4.56. The van der Waals surface area contributed by atoms with Crippen molar-refractivity contribution in [3.63, 3.8) is 0 Å². The van der Waals surface area contributed by atoms with Gasteiger partial charge in [-0.25, -0.2) is 9.97 Å². The molecular weight excluding hydrogens is 401 g/mol. The molecule has 5 rings (SSSR count).